The monoisotopic (exact) mass is 450 g/mol. The summed E-state index contributed by atoms with van der Waals surface area (Å²) in [6.45, 7) is 4.60. The summed E-state index contributed by atoms with van der Waals surface area (Å²) in [5, 5.41) is 3.90. The molecule has 5 rings (SSSR count). The number of nitrogens with two attached hydrogens (primary N) is 1. The number of anilines is 4. The third-order valence-corrected chi connectivity index (χ3v) is 5.48. The number of aryl methyl sites for hydroxylation is 1. The van der Waals surface area contributed by atoms with E-state index in [2.05, 4.69) is 35.1 Å². The van der Waals surface area contributed by atoms with Crippen LogP contribution in [-0.4, -0.2) is 60.8 Å². The highest BCUT2D eigenvalue weighted by Gasteiger charge is 2.24. The molecule has 1 aliphatic heterocycles. The van der Waals surface area contributed by atoms with Crippen molar-refractivity contribution >= 4 is 34.4 Å². The van der Waals surface area contributed by atoms with E-state index in [0.29, 0.717) is 54.8 Å². The van der Waals surface area contributed by atoms with Gasteiger partial charge < -0.3 is 25.3 Å². The second-order valence-electron chi connectivity index (χ2n) is 7.83. The Morgan fingerprint density at radius 2 is 1.88 bits per heavy atom. The normalized spacial score (nSPS) is 15.1. The number of nitrogen functional groups attached to an aromatic ring is 1. The quantitative estimate of drug-likeness (QED) is 0.465. The van der Waals surface area contributed by atoms with Gasteiger partial charge in [0.2, 0.25) is 5.95 Å². The van der Waals surface area contributed by atoms with Gasteiger partial charge in [0.25, 0.3) is 0 Å². The number of aromatic nitrogens is 7. The maximum Gasteiger partial charge on any atom is 0.224 e. The Labute approximate surface area is 188 Å². The summed E-state index contributed by atoms with van der Waals surface area (Å²) in [7, 11) is 1.88. The molecule has 0 amide bonds. The number of fused-ring (bicyclic) bond motifs is 1. The molecule has 0 unspecified atom stereocenters. The molecule has 0 bridgehead atoms. The number of rotatable bonds is 5. The molecule has 0 aliphatic carbocycles. The van der Waals surface area contributed by atoms with Gasteiger partial charge in [-0.3, -0.25) is 0 Å². The third kappa shape index (κ3) is 4.24. The highest BCUT2D eigenvalue weighted by molar-refractivity contribution is 5.94. The molecule has 1 saturated heterocycles. The van der Waals surface area contributed by atoms with Crippen LogP contribution < -0.4 is 16.0 Å². The van der Waals surface area contributed by atoms with Crippen LogP contribution in [0.5, 0.6) is 0 Å². The zero-order chi connectivity index (χ0) is 22.9. The molecular formula is C21H23FN10O. The molecule has 1 atom stereocenters. The average molecular weight is 450 g/mol. The van der Waals surface area contributed by atoms with Crippen LogP contribution in [0.3, 0.4) is 0 Å². The molecule has 4 aromatic heterocycles. The maximum absolute atomic E-state index is 13.5. The summed E-state index contributed by atoms with van der Waals surface area (Å²) >= 11 is 0. The number of morpholine rings is 1. The second-order valence-corrected chi connectivity index (χ2v) is 7.83. The molecular weight excluding hydrogens is 427 g/mol. The fraction of sp³-hybridized carbons (Fsp3) is 0.333. The largest absolute Gasteiger partial charge is 0.378 e. The van der Waals surface area contributed by atoms with E-state index in [9.17, 15) is 4.39 Å². The first-order valence-electron chi connectivity index (χ1n) is 10.5. The van der Waals surface area contributed by atoms with Crippen molar-refractivity contribution in [3.63, 3.8) is 0 Å². The highest BCUT2D eigenvalue weighted by atomic mass is 19.1. The predicted octanol–water partition coefficient (Wildman–Crippen LogP) is 2.00. The number of halogens is 1. The standard InChI is InChI=1S/C21H23FN10O/c1-12(18-24-8-13(22)9-25-18)14-7-16(32-3-5-33-6-4-32)28-20-17(14)19(29-21(23)30-20)27-15-10-31(2)11-26-15/h7-12H,3-6H2,1-2H3,(H3,23,27,28,29,30)/t12-/m0/s1. The van der Waals surface area contributed by atoms with E-state index in [1.807, 2.05) is 30.8 Å². The molecule has 170 valence electrons. The van der Waals surface area contributed by atoms with Crippen LogP contribution >= 0.6 is 0 Å². The fourth-order valence-electron chi connectivity index (χ4n) is 3.83. The minimum atomic E-state index is -0.492. The zero-order valence-corrected chi connectivity index (χ0v) is 18.2. The molecule has 12 heteroatoms. The van der Waals surface area contributed by atoms with Crippen molar-refractivity contribution < 1.29 is 9.13 Å². The third-order valence-electron chi connectivity index (χ3n) is 5.48. The van der Waals surface area contributed by atoms with E-state index >= 15 is 0 Å². The number of nitrogens with zero attached hydrogens (tertiary/aromatic N) is 8. The van der Waals surface area contributed by atoms with Crippen molar-refractivity contribution in [3.05, 3.63) is 48.2 Å². The fourth-order valence-corrected chi connectivity index (χ4v) is 3.83. The Morgan fingerprint density at radius 3 is 2.58 bits per heavy atom. The Morgan fingerprint density at radius 1 is 1.12 bits per heavy atom. The molecule has 0 radical (unpaired) electrons. The molecule has 5 heterocycles. The molecule has 0 aromatic carbocycles. The Hall–Kier alpha value is -3.93. The number of pyridine rings is 1. The lowest BCUT2D eigenvalue weighted by Gasteiger charge is -2.29. The molecule has 0 saturated carbocycles. The van der Waals surface area contributed by atoms with Crippen molar-refractivity contribution in [1.29, 1.82) is 0 Å². The molecule has 1 fully saturated rings. The van der Waals surface area contributed by atoms with Crippen molar-refractivity contribution in [2.45, 2.75) is 12.8 Å². The van der Waals surface area contributed by atoms with E-state index in [-0.39, 0.29) is 11.9 Å². The number of nitrogens with one attached hydrogen (secondary N) is 1. The van der Waals surface area contributed by atoms with Crippen LogP contribution in [0.1, 0.15) is 24.2 Å². The second kappa shape index (κ2) is 8.54. The van der Waals surface area contributed by atoms with Gasteiger partial charge in [0.05, 0.1) is 37.3 Å². The van der Waals surface area contributed by atoms with Crippen molar-refractivity contribution in [2.24, 2.45) is 7.05 Å². The molecule has 1 aliphatic rings. The van der Waals surface area contributed by atoms with E-state index < -0.39 is 5.82 Å². The summed E-state index contributed by atoms with van der Waals surface area (Å²) in [5.41, 5.74) is 7.32. The van der Waals surface area contributed by atoms with Crippen molar-refractivity contribution in [3.8, 4) is 0 Å². The van der Waals surface area contributed by atoms with E-state index in [1.165, 1.54) is 0 Å². The first kappa shape index (κ1) is 20.9. The average Bonchev–Trinajstić information content (AvgIpc) is 3.23. The summed E-state index contributed by atoms with van der Waals surface area (Å²) in [5.74, 6) is 1.59. The van der Waals surface area contributed by atoms with Gasteiger partial charge in [-0.25, -0.2) is 24.3 Å². The Kier molecular flexibility index (Phi) is 5.42. The topological polar surface area (TPSA) is 133 Å². The Balaban J connectivity index is 1.69. The minimum Gasteiger partial charge on any atom is -0.378 e. The number of hydrogen-bond acceptors (Lipinski definition) is 10. The van der Waals surface area contributed by atoms with Crippen LogP contribution in [0.15, 0.2) is 31.0 Å². The summed E-state index contributed by atoms with van der Waals surface area (Å²) in [6, 6.07) is 1.98. The molecule has 33 heavy (non-hydrogen) atoms. The smallest absolute Gasteiger partial charge is 0.224 e. The van der Waals surface area contributed by atoms with Crippen LogP contribution in [-0.2, 0) is 11.8 Å². The van der Waals surface area contributed by atoms with Gasteiger partial charge in [-0.2, -0.15) is 9.97 Å². The lowest BCUT2D eigenvalue weighted by Crippen LogP contribution is -2.36. The summed E-state index contributed by atoms with van der Waals surface area (Å²) in [6.07, 6.45) is 5.82. The molecule has 3 N–H and O–H groups in total. The van der Waals surface area contributed by atoms with E-state index in [1.54, 1.807) is 6.33 Å². The predicted molar refractivity (Wildman–Crippen MR) is 121 cm³/mol. The van der Waals surface area contributed by atoms with Crippen LogP contribution in [0.25, 0.3) is 11.0 Å². The van der Waals surface area contributed by atoms with Crippen LogP contribution in [0, 0.1) is 5.82 Å². The van der Waals surface area contributed by atoms with Crippen molar-refractivity contribution in [1.82, 2.24) is 34.5 Å². The SMILES string of the molecule is C[C@H](c1ncc(F)cn1)c1cc(N2CCOCC2)nc2nc(N)nc(Nc3cn(C)cn3)c12. The summed E-state index contributed by atoms with van der Waals surface area (Å²) < 4.78 is 20.8. The number of ether oxygens (including phenoxy) is 1. The highest BCUT2D eigenvalue weighted by Crippen LogP contribution is 2.35. The lowest BCUT2D eigenvalue weighted by molar-refractivity contribution is 0.122. The lowest BCUT2D eigenvalue weighted by atomic mass is 9.97. The van der Waals surface area contributed by atoms with E-state index in [4.69, 9.17) is 15.5 Å². The van der Waals surface area contributed by atoms with Gasteiger partial charge in [-0.05, 0) is 11.6 Å². The molecule has 4 aromatic rings. The van der Waals surface area contributed by atoms with Gasteiger partial charge in [0.1, 0.15) is 23.3 Å². The van der Waals surface area contributed by atoms with Crippen molar-refractivity contribution in [2.75, 3.05) is 42.3 Å². The first-order chi connectivity index (χ1) is 16.0. The summed E-state index contributed by atoms with van der Waals surface area (Å²) in [4.78, 5) is 28.5. The minimum absolute atomic E-state index is 0.0872. The van der Waals surface area contributed by atoms with Gasteiger partial charge in [0, 0.05) is 32.3 Å². The number of hydrogen-bond donors (Lipinski definition) is 2. The molecule has 0 spiro atoms. The van der Waals surface area contributed by atoms with Gasteiger partial charge in [-0.15, -0.1) is 0 Å². The first-order valence-corrected chi connectivity index (χ1v) is 10.5. The van der Waals surface area contributed by atoms with Gasteiger partial charge in [0.15, 0.2) is 11.5 Å². The van der Waals surface area contributed by atoms with Gasteiger partial charge >= 0.3 is 0 Å². The zero-order valence-electron chi connectivity index (χ0n) is 18.2. The number of imidazole rings is 1. The van der Waals surface area contributed by atoms with E-state index in [0.717, 1.165) is 23.8 Å². The maximum atomic E-state index is 13.5. The van der Waals surface area contributed by atoms with Crippen LogP contribution in [0.2, 0.25) is 0 Å². The van der Waals surface area contributed by atoms with Crippen LogP contribution in [0.4, 0.5) is 27.8 Å². The van der Waals surface area contributed by atoms with Gasteiger partial charge in [-0.1, -0.05) is 6.92 Å². The Bertz CT molecular complexity index is 1290. The molecule has 11 nitrogen and oxygen atoms in total.